The van der Waals surface area contributed by atoms with Crippen molar-refractivity contribution in [3.05, 3.63) is 99.0 Å². The number of thiocarbonyl (C=S) groups is 1. The highest BCUT2D eigenvalue weighted by atomic mass is 35.5. The molecule has 0 aromatic heterocycles. The third-order valence-electron chi connectivity index (χ3n) is 5.66. The number of rotatable bonds is 6. The molecule has 3 nitrogen and oxygen atoms in total. The quantitative estimate of drug-likeness (QED) is 0.377. The van der Waals surface area contributed by atoms with Crippen molar-refractivity contribution in [3.8, 4) is 5.75 Å². The number of piperazine rings is 1. The highest BCUT2D eigenvalue weighted by molar-refractivity contribution is 7.80. The van der Waals surface area contributed by atoms with E-state index < -0.39 is 0 Å². The van der Waals surface area contributed by atoms with Crippen LogP contribution < -0.4 is 4.74 Å². The number of aryl methyl sites for hydroxylation is 1. The van der Waals surface area contributed by atoms with Crippen LogP contribution >= 0.6 is 35.4 Å². The third kappa shape index (κ3) is 5.81. The number of hydrogen-bond donors (Lipinski definition) is 0. The molecule has 6 heteroatoms. The molecule has 0 bridgehead atoms. The summed E-state index contributed by atoms with van der Waals surface area (Å²) in [4.78, 5) is 5.46. The predicted octanol–water partition coefficient (Wildman–Crippen LogP) is 6.37. The Bertz CT molecular complexity index is 1040. The van der Waals surface area contributed by atoms with Gasteiger partial charge < -0.3 is 9.64 Å². The minimum atomic E-state index is 0.410. The molecule has 32 heavy (non-hydrogen) atoms. The van der Waals surface area contributed by atoms with Crippen molar-refractivity contribution >= 4 is 40.4 Å². The van der Waals surface area contributed by atoms with Gasteiger partial charge in [-0.3, -0.25) is 4.90 Å². The summed E-state index contributed by atoms with van der Waals surface area (Å²) in [6.45, 7) is 7.13. The summed E-state index contributed by atoms with van der Waals surface area (Å²) < 4.78 is 5.92. The first-order valence-electron chi connectivity index (χ1n) is 10.7. The molecule has 0 atom stereocenters. The van der Waals surface area contributed by atoms with Crippen LogP contribution in [0.4, 0.5) is 0 Å². The lowest BCUT2D eigenvalue weighted by molar-refractivity contribution is 0.177. The zero-order chi connectivity index (χ0) is 22.5. The van der Waals surface area contributed by atoms with Gasteiger partial charge in [-0.1, -0.05) is 95.6 Å². The van der Waals surface area contributed by atoms with Gasteiger partial charge in [-0.15, -0.1) is 0 Å². The van der Waals surface area contributed by atoms with Gasteiger partial charge in [0.05, 0.1) is 10.0 Å². The minimum Gasteiger partial charge on any atom is -0.486 e. The molecule has 3 aromatic carbocycles. The number of halogens is 2. The fourth-order valence-electron chi connectivity index (χ4n) is 3.79. The first-order valence-corrected chi connectivity index (χ1v) is 11.9. The minimum absolute atomic E-state index is 0.410. The van der Waals surface area contributed by atoms with E-state index in [4.69, 9.17) is 40.2 Å². The SMILES string of the molecule is Cc1ccc(COc2c(Cl)cc(C(=S)N3CCN(Cc4ccccc4)CC3)cc2Cl)cc1. The zero-order valence-corrected chi connectivity index (χ0v) is 20.4. The van der Waals surface area contributed by atoms with Crippen molar-refractivity contribution in [3.63, 3.8) is 0 Å². The molecule has 1 heterocycles. The van der Waals surface area contributed by atoms with Crippen molar-refractivity contribution in [2.75, 3.05) is 26.2 Å². The third-order valence-corrected chi connectivity index (χ3v) is 6.71. The van der Waals surface area contributed by atoms with E-state index in [1.807, 2.05) is 24.3 Å². The van der Waals surface area contributed by atoms with E-state index in [1.165, 1.54) is 11.1 Å². The Morgan fingerprint density at radius 2 is 1.50 bits per heavy atom. The second kappa shape index (κ2) is 10.7. The highest BCUT2D eigenvalue weighted by Gasteiger charge is 2.21. The van der Waals surface area contributed by atoms with E-state index in [0.29, 0.717) is 22.4 Å². The molecule has 0 spiro atoms. The fourth-order valence-corrected chi connectivity index (χ4v) is 4.69. The van der Waals surface area contributed by atoms with Gasteiger partial charge in [0.2, 0.25) is 0 Å². The van der Waals surface area contributed by atoms with Gasteiger partial charge in [-0.05, 0) is 30.2 Å². The van der Waals surface area contributed by atoms with E-state index in [1.54, 1.807) is 0 Å². The number of ether oxygens (including phenoxy) is 1. The Balaban J connectivity index is 1.36. The molecule has 1 aliphatic heterocycles. The van der Waals surface area contributed by atoms with E-state index in [-0.39, 0.29) is 0 Å². The van der Waals surface area contributed by atoms with Crippen molar-refractivity contribution in [2.24, 2.45) is 0 Å². The lowest BCUT2D eigenvalue weighted by Gasteiger charge is -2.36. The van der Waals surface area contributed by atoms with Crippen LogP contribution in [0.5, 0.6) is 5.75 Å². The monoisotopic (exact) mass is 484 g/mol. The van der Waals surface area contributed by atoms with E-state index >= 15 is 0 Å². The van der Waals surface area contributed by atoms with Crippen LogP contribution in [0.15, 0.2) is 66.7 Å². The smallest absolute Gasteiger partial charge is 0.157 e. The Morgan fingerprint density at radius 3 is 2.12 bits per heavy atom. The molecule has 166 valence electrons. The number of nitrogens with zero attached hydrogens (tertiary/aromatic N) is 2. The molecule has 1 aliphatic rings. The maximum atomic E-state index is 6.53. The van der Waals surface area contributed by atoms with Crippen molar-refractivity contribution in [2.45, 2.75) is 20.1 Å². The van der Waals surface area contributed by atoms with E-state index in [2.05, 4.69) is 59.2 Å². The van der Waals surface area contributed by atoms with Gasteiger partial charge in [-0.25, -0.2) is 0 Å². The summed E-state index contributed by atoms with van der Waals surface area (Å²) in [5.41, 5.74) is 4.47. The van der Waals surface area contributed by atoms with Crippen LogP contribution in [0, 0.1) is 6.92 Å². The van der Waals surface area contributed by atoms with Crippen LogP contribution in [0.25, 0.3) is 0 Å². The maximum absolute atomic E-state index is 6.53. The predicted molar refractivity (Wildman–Crippen MR) is 137 cm³/mol. The Hall–Kier alpha value is -2.11. The molecule has 1 fully saturated rings. The second-order valence-corrected chi connectivity index (χ2v) is 9.30. The Kier molecular flexibility index (Phi) is 7.69. The van der Waals surface area contributed by atoms with E-state index in [9.17, 15) is 0 Å². The maximum Gasteiger partial charge on any atom is 0.157 e. The highest BCUT2D eigenvalue weighted by Crippen LogP contribution is 2.35. The summed E-state index contributed by atoms with van der Waals surface area (Å²) in [5, 5.41) is 0.953. The number of benzene rings is 3. The average Bonchev–Trinajstić information content (AvgIpc) is 2.80. The average molecular weight is 485 g/mol. The van der Waals surface area contributed by atoms with Gasteiger partial charge in [0, 0.05) is 38.3 Å². The molecule has 0 aliphatic carbocycles. The largest absolute Gasteiger partial charge is 0.486 e. The summed E-state index contributed by atoms with van der Waals surface area (Å²) in [6.07, 6.45) is 0. The second-order valence-electron chi connectivity index (χ2n) is 8.10. The topological polar surface area (TPSA) is 15.7 Å². The summed E-state index contributed by atoms with van der Waals surface area (Å²) in [6, 6.07) is 22.5. The van der Waals surface area contributed by atoms with Crippen molar-refractivity contribution < 1.29 is 4.74 Å². The van der Waals surface area contributed by atoms with Gasteiger partial charge >= 0.3 is 0 Å². The van der Waals surface area contributed by atoms with Crippen molar-refractivity contribution in [1.82, 2.24) is 9.80 Å². The molecule has 0 N–H and O–H groups in total. The molecular weight excluding hydrogens is 459 g/mol. The lowest BCUT2D eigenvalue weighted by atomic mass is 10.1. The summed E-state index contributed by atoms with van der Waals surface area (Å²) in [7, 11) is 0. The molecular formula is C26H26Cl2N2OS. The van der Waals surface area contributed by atoms with Crippen LogP contribution in [0.3, 0.4) is 0 Å². The van der Waals surface area contributed by atoms with Crippen LogP contribution in [-0.4, -0.2) is 41.0 Å². The van der Waals surface area contributed by atoms with Crippen LogP contribution in [-0.2, 0) is 13.2 Å². The fraction of sp³-hybridized carbons (Fsp3) is 0.269. The van der Waals surface area contributed by atoms with Crippen LogP contribution in [0.2, 0.25) is 10.0 Å². The molecule has 0 radical (unpaired) electrons. The van der Waals surface area contributed by atoms with Crippen molar-refractivity contribution in [1.29, 1.82) is 0 Å². The van der Waals surface area contributed by atoms with Crippen LogP contribution in [0.1, 0.15) is 22.3 Å². The lowest BCUT2D eigenvalue weighted by Crippen LogP contribution is -2.48. The molecule has 1 saturated heterocycles. The number of hydrogen-bond acceptors (Lipinski definition) is 3. The Morgan fingerprint density at radius 1 is 0.875 bits per heavy atom. The van der Waals surface area contributed by atoms with Gasteiger partial charge in [0.15, 0.2) is 5.75 Å². The molecule has 0 saturated carbocycles. The van der Waals surface area contributed by atoms with E-state index in [0.717, 1.165) is 48.8 Å². The zero-order valence-electron chi connectivity index (χ0n) is 18.1. The van der Waals surface area contributed by atoms with Gasteiger partial charge in [0.1, 0.15) is 11.6 Å². The van der Waals surface area contributed by atoms with Gasteiger partial charge in [-0.2, -0.15) is 0 Å². The van der Waals surface area contributed by atoms with Gasteiger partial charge in [0.25, 0.3) is 0 Å². The molecule has 4 rings (SSSR count). The standard InChI is InChI=1S/C26H26Cl2N2OS/c1-19-7-9-21(10-8-19)18-31-25-23(27)15-22(16-24(25)28)26(32)30-13-11-29(12-14-30)17-20-5-3-2-4-6-20/h2-10,15-16H,11-14,17-18H2,1H3. The molecule has 3 aromatic rings. The molecule has 0 amide bonds. The first-order chi connectivity index (χ1) is 15.5. The Labute approximate surface area is 205 Å². The normalized spacial score (nSPS) is 14.4. The first kappa shape index (κ1) is 23.1. The summed E-state index contributed by atoms with van der Waals surface area (Å²) in [5.74, 6) is 0.494. The summed E-state index contributed by atoms with van der Waals surface area (Å²) >= 11 is 18.8. The molecule has 0 unspecified atom stereocenters.